The summed E-state index contributed by atoms with van der Waals surface area (Å²) in [5.74, 6) is 0.159. The maximum atomic E-state index is 11.5. The molecule has 21 heavy (non-hydrogen) atoms. The highest BCUT2D eigenvalue weighted by Gasteiger charge is 2.14. The van der Waals surface area contributed by atoms with Gasteiger partial charge in [-0.2, -0.15) is 0 Å². The molecule has 0 aliphatic carbocycles. The van der Waals surface area contributed by atoms with E-state index in [9.17, 15) is 4.79 Å². The van der Waals surface area contributed by atoms with E-state index in [4.69, 9.17) is 0 Å². The van der Waals surface area contributed by atoms with E-state index in [0.29, 0.717) is 6.54 Å². The fourth-order valence-corrected chi connectivity index (χ4v) is 2.07. The minimum absolute atomic E-state index is 0.0485. The van der Waals surface area contributed by atoms with Gasteiger partial charge in [-0.05, 0) is 23.5 Å². The topological polar surface area (TPSA) is 41.1 Å². The minimum Gasteiger partial charge on any atom is -0.355 e. The van der Waals surface area contributed by atoms with Crippen molar-refractivity contribution in [1.29, 1.82) is 0 Å². The van der Waals surface area contributed by atoms with Gasteiger partial charge in [0.25, 0.3) is 0 Å². The lowest BCUT2D eigenvalue weighted by atomic mass is 9.86. The molecule has 118 valence electrons. The zero-order valence-electron chi connectivity index (χ0n) is 14.3. The standard InChI is InChI=1S/C18H30N2O/c1-13(2)17(21)20-12-11-19-14(3)15-7-9-16(10-8-15)18(4,5)6/h7-10,13-14,19H,11-12H2,1-6H3,(H,20,21). The zero-order valence-corrected chi connectivity index (χ0v) is 14.3. The highest BCUT2D eigenvalue weighted by atomic mass is 16.1. The van der Waals surface area contributed by atoms with Crippen molar-refractivity contribution in [2.75, 3.05) is 13.1 Å². The molecule has 1 amide bonds. The third kappa shape index (κ3) is 5.88. The van der Waals surface area contributed by atoms with Crippen LogP contribution in [0.1, 0.15) is 58.7 Å². The van der Waals surface area contributed by atoms with Gasteiger partial charge in [0.1, 0.15) is 0 Å². The number of benzene rings is 1. The van der Waals surface area contributed by atoms with Gasteiger partial charge in [0.15, 0.2) is 0 Å². The van der Waals surface area contributed by atoms with E-state index in [0.717, 1.165) is 6.54 Å². The molecular weight excluding hydrogens is 260 g/mol. The van der Waals surface area contributed by atoms with Crippen LogP contribution >= 0.6 is 0 Å². The molecule has 0 radical (unpaired) electrons. The smallest absolute Gasteiger partial charge is 0.222 e. The molecule has 3 heteroatoms. The molecule has 2 N–H and O–H groups in total. The molecule has 0 fully saturated rings. The quantitative estimate of drug-likeness (QED) is 0.788. The van der Waals surface area contributed by atoms with Crippen molar-refractivity contribution >= 4 is 5.91 Å². The Labute approximate surface area is 129 Å². The molecule has 1 rings (SSSR count). The number of nitrogens with one attached hydrogen (secondary N) is 2. The fraction of sp³-hybridized carbons (Fsp3) is 0.611. The van der Waals surface area contributed by atoms with Crippen molar-refractivity contribution in [1.82, 2.24) is 10.6 Å². The van der Waals surface area contributed by atoms with Gasteiger partial charge in [0.2, 0.25) is 5.91 Å². The molecule has 0 aliphatic heterocycles. The average molecular weight is 290 g/mol. The molecule has 0 saturated carbocycles. The van der Waals surface area contributed by atoms with E-state index in [2.05, 4.69) is 62.6 Å². The molecule has 0 saturated heterocycles. The maximum Gasteiger partial charge on any atom is 0.222 e. The van der Waals surface area contributed by atoms with Crippen LogP contribution in [-0.2, 0) is 10.2 Å². The maximum absolute atomic E-state index is 11.5. The summed E-state index contributed by atoms with van der Waals surface area (Å²) in [6, 6.07) is 9.06. The predicted octanol–water partition coefficient (Wildman–Crippen LogP) is 3.41. The molecule has 0 heterocycles. The van der Waals surface area contributed by atoms with Gasteiger partial charge in [-0.25, -0.2) is 0 Å². The Balaban J connectivity index is 2.42. The normalized spacial score (nSPS) is 13.3. The van der Waals surface area contributed by atoms with Crippen molar-refractivity contribution in [3.63, 3.8) is 0 Å². The van der Waals surface area contributed by atoms with Crippen LogP contribution in [0.4, 0.5) is 0 Å². The highest BCUT2D eigenvalue weighted by Crippen LogP contribution is 2.23. The lowest BCUT2D eigenvalue weighted by Gasteiger charge is -2.21. The molecule has 0 aromatic heterocycles. The summed E-state index contributed by atoms with van der Waals surface area (Å²) in [5.41, 5.74) is 2.82. The summed E-state index contributed by atoms with van der Waals surface area (Å²) in [7, 11) is 0. The van der Waals surface area contributed by atoms with E-state index in [1.807, 2.05) is 13.8 Å². The molecule has 1 aromatic rings. The van der Waals surface area contributed by atoms with Crippen LogP contribution in [0, 0.1) is 5.92 Å². The monoisotopic (exact) mass is 290 g/mol. The first-order valence-corrected chi connectivity index (χ1v) is 7.83. The number of carbonyl (C=O) groups is 1. The number of hydrogen-bond donors (Lipinski definition) is 2. The zero-order chi connectivity index (χ0) is 16.0. The van der Waals surface area contributed by atoms with Crippen LogP contribution in [0.15, 0.2) is 24.3 Å². The van der Waals surface area contributed by atoms with Gasteiger partial charge in [-0.1, -0.05) is 58.9 Å². The van der Waals surface area contributed by atoms with Crippen LogP contribution in [0.5, 0.6) is 0 Å². The second-order valence-electron chi connectivity index (χ2n) is 6.99. The Morgan fingerprint density at radius 2 is 1.62 bits per heavy atom. The number of carbonyl (C=O) groups excluding carboxylic acids is 1. The van der Waals surface area contributed by atoms with Crippen LogP contribution in [0.3, 0.4) is 0 Å². The summed E-state index contributed by atoms with van der Waals surface area (Å²) >= 11 is 0. The molecular formula is C18H30N2O. The third-order valence-corrected chi connectivity index (χ3v) is 3.68. The van der Waals surface area contributed by atoms with E-state index >= 15 is 0 Å². The first-order valence-electron chi connectivity index (χ1n) is 7.83. The highest BCUT2D eigenvalue weighted by molar-refractivity contribution is 5.77. The fourth-order valence-electron chi connectivity index (χ4n) is 2.07. The predicted molar refractivity (Wildman–Crippen MR) is 89.4 cm³/mol. The second kappa shape index (κ2) is 7.60. The average Bonchev–Trinajstić information content (AvgIpc) is 2.42. The SMILES string of the molecule is CC(C)C(=O)NCCNC(C)c1ccc(C(C)(C)C)cc1. The summed E-state index contributed by atoms with van der Waals surface area (Å²) < 4.78 is 0. The molecule has 1 unspecified atom stereocenters. The molecule has 0 aliphatic rings. The molecule has 0 bridgehead atoms. The van der Waals surface area contributed by atoms with Gasteiger partial charge in [-0.15, -0.1) is 0 Å². The van der Waals surface area contributed by atoms with Crippen LogP contribution in [0.2, 0.25) is 0 Å². The summed E-state index contributed by atoms with van der Waals surface area (Å²) in [5, 5.41) is 6.35. The van der Waals surface area contributed by atoms with Crippen molar-refractivity contribution in [3.8, 4) is 0 Å². The number of rotatable bonds is 6. The largest absolute Gasteiger partial charge is 0.355 e. The summed E-state index contributed by atoms with van der Waals surface area (Å²) in [6.45, 7) is 14.1. The lowest BCUT2D eigenvalue weighted by molar-refractivity contribution is -0.123. The Morgan fingerprint density at radius 3 is 2.10 bits per heavy atom. The second-order valence-corrected chi connectivity index (χ2v) is 6.99. The van der Waals surface area contributed by atoms with Gasteiger partial charge in [-0.3, -0.25) is 4.79 Å². The van der Waals surface area contributed by atoms with E-state index in [1.165, 1.54) is 11.1 Å². The van der Waals surface area contributed by atoms with Gasteiger partial charge < -0.3 is 10.6 Å². The first kappa shape index (κ1) is 17.7. The Kier molecular flexibility index (Phi) is 6.41. The van der Waals surface area contributed by atoms with Crippen molar-refractivity contribution < 1.29 is 4.79 Å². The number of amides is 1. The van der Waals surface area contributed by atoms with Gasteiger partial charge >= 0.3 is 0 Å². The van der Waals surface area contributed by atoms with Crippen molar-refractivity contribution in [2.45, 2.75) is 53.0 Å². The van der Waals surface area contributed by atoms with Crippen LogP contribution < -0.4 is 10.6 Å². The van der Waals surface area contributed by atoms with Crippen molar-refractivity contribution in [3.05, 3.63) is 35.4 Å². The van der Waals surface area contributed by atoms with E-state index in [-0.39, 0.29) is 23.3 Å². The molecule has 1 atom stereocenters. The van der Waals surface area contributed by atoms with Gasteiger partial charge in [0.05, 0.1) is 0 Å². The van der Waals surface area contributed by atoms with Crippen molar-refractivity contribution in [2.24, 2.45) is 5.92 Å². The summed E-state index contributed by atoms with van der Waals surface area (Å²) in [4.78, 5) is 11.5. The van der Waals surface area contributed by atoms with E-state index in [1.54, 1.807) is 0 Å². The molecule has 1 aromatic carbocycles. The Hall–Kier alpha value is -1.35. The summed E-state index contributed by atoms with van der Waals surface area (Å²) in [6.07, 6.45) is 0. The minimum atomic E-state index is 0.0485. The molecule has 0 spiro atoms. The lowest BCUT2D eigenvalue weighted by Crippen LogP contribution is -2.35. The van der Waals surface area contributed by atoms with Gasteiger partial charge in [0, 0.05) is 25.0 Å². The van der Waals surface area contributed by atoms with Crippen LogP contribution in [-0.4, -0.2) is 19.0 Å². The Bertz CT molecular complexity index is 443. The Morgan fingerprint density at radius 1 is 1.05 bits per heavy atom. The first-order chi connectivity index (χ1) is 9.71. The molecule has 3 nitrogen and oxygen atoms in total. The third-order valence-electron chi connectivity index (χ3n) is 3.68. The number of hydrogen-bond acceptors (Lipinski definition) is 2. The van der Waals surface area contributed by atoms with E-state index < -0.39 is 0 Å². The van der Waals surface area contributed by atoms with Crippen LogP contribution in [0.25, 0.3) is 0 Å².